The molecule has 0 amide bonds. The lowest BCUT2D eigenvalue weighted by molar-refractivity contribution is 0.0290. The number of rotatable bonds is 9. The molecule has 3 nitrogen and oxygen atoms in total. The highest BCUT2D eigenvalue weighted by Crippen LogP contribution is 2.10. The first-order valence-corrected chi connectivity index (χ1v) is 8.28. The summed E-state index contributed by atoms with van der Waals surface area (Å²) in [4.78, 5) is 0. The fourth-order valence-electron chi connectivity index (χ4n) is 1.89. The van der Waals surface area contributed by atoms with Gasteiger partial charge in [-0.1, -0.05) is 23.7 Å². The Morgan fingerprint density at radius 2 is 2.00 bits per heavy atom. The smallest absolute Gasteiger partial charge is 0.0897 e. The summed E-state index contributed by atoms with van der Waals surface area (Å²) < 4.78 is 5.49. The van der Waals surface area contributed by atoms with Gasteiger partial charge in [-0.25, -0.2) is 0 Å². The van der Waals surface area contributed by atoms with E-state index in [9.17, 15) is 5.11 Å². The topological polar surface area (TPSA) is 41.5 Å². The maximum atomic E-state index is 9.82. The van der Waals surface area contributed by atoms with E-state index in [2.05, 4.69) is 22.1 Å². The summed E-state index contributed by atoms with van der Waals surface area (Å²) in [7, 11) is 0. The standard InChI is InChI=1S/C16H20ClNO2S/c17-15-3-1-13(2-4-15)10-20-11-16(19)9-18-7-5-14-6-8-21-12-14/h1-4,6,8,12,16,18-19H,5,7,9-11H2. The molecule has 0 spiro atoms. The average molecular weight is 326 g/mol. The highest BCUT2D eigenvalue weighted by atomic mass is 35.5. The van der Waals surface area contributed by atoms with Crippen LogP contribution in [0.1, 0.15) is 11.1 Å². The predicted molar refractivity (Wildman–Crippen MR) is 88.0 cm³/mol. The summed E-state index contributed by atoms with van der Waals surface area (Å²) in [5, 5.41) is 18.0. The van der Waals surface area contributed by atoms with Crippen LogP contribution >= 0.6 is 22.9 Å². The van der Waals surface area contributed by atoms with Crippen molar-refractivity contribution in [3.63, 3.8) is 0 Å². The lowest BCUT2D eigenvalue weighted by Crippen LogP contribution is -2.31. The molecule has 0 fully saturated rings. The van der Waals surface area contributed by atoms with Gasteiger partial charge in [-0.05, 0) is 53.1 Å². The van der Waals surface area contributed by atoms with Crippen molar-refractivity contribution in [1.29, 1.82) is 0 Å². The van der Waals surface area contributed by atoms with Gasteiger partial charge in [-0.15, -0.1) is 0 Å². The molecule has 1 unspecified atom stereocenters. The second-order valence-electron chi connectivity index (χ2n) is 4.88. The maximum Gasteiger partial charge on any atom is 0.0897 e. The zero-order chi connectivity index (χ0) is 14.9. The van der Waals surface area contributed by atoms with Crippen LogP contribution in [0.2, 0.25) is 5.02 Å². The summed E-state index contributed by atoms with van der Waals surface area (Å²) in [5.41, 5.74) is 2.39. The van der Waals surface area contributed by atoms with Crippen molar-refractivity contribution >= 4 is 22.9 Å². The van der Waals surface area contributed by atoms with Gasteiger partial charge in [0.15, 0.2) is 0 Å². The molecule has 2 N–H and O–H groups in total. The number of halogens is 1. The van der Waals surface area contributed by atoms with E-state index in [1.165, 1.54) is 5.56 Å². The van der Waals surface area contributed by atoms with E-state index in [0.29, 0.717) is 24.8 Å². The predicted octanol–water partition coefficient (Wildman–Crippen LogP) is 3.11. The van der Waals surface area contributed by atoms with Crippen LogP contribution in [-0.2, 0) is 17.8 Å². The highest BCUT2D eigenvalue weighted by Gasteiger charge is 2.04. The minimum atomic E-state index is -0.486. The zero-order valence-electron chi connectivity index (χ0n) is 11.8. The number of ether oxygens (including phenoxy) is 1. The van der Waals surface area contributed by atoms with Crippen LogP contribution in [0.5, 0.6) is 0 Å². The third kappa shape index (κ3) is 6.59. The maximum absolute atomic E-state index is 9.82. The molecule has 0 saturated carbocycles. The van der Waals surface area contributed by atoms with Crippen molar-refractivity contribution in [2.24, 2.45) is 0 Å². The van der Waals surface area contributed by atoms with Crippen molar-refractivity contribution < 1.29 is 9.84 Å². The molecule has 1 aromatic carbocycles. The molecule has 5 heteroatoms. The van der Waals surface area contributed by atoms with Gasteiger partial charge in [-0.2, -0.15) is 11.3 Å². The van der Waals surface area contributed by atoms with Crippen LogP contribution in [0.4, 0.5) is 0 Å². The molecule has 114 valence electrons. The molecule has 21 heavy (non-hydrogen) atoms. The van der Waals surface area contributed by atoms with E-state index in [0.717, 1.165) is 18.5 Å². The molecule has 0 aliphatic heterocycles. The molecule has 1 heterocycles. The van der Waals surface area contributed by atoms with E-state index in [1.807, 2.05) is 24.3 Å². The van der Waals surface area contributed by atoms with Crippen molar-refractivity contribution in [3.05, 3.63) is 57.2 Å². The van der Waals surface area contributed by atoms with Gasteiger partial charge in [0.2, 0.25) is 0 Å². The Balaban J connectivity index is 1.53. The molecule has 0 bridgehead atoms. The van der Waals surface area contributed by atoms with Crippen LogP contribution in [0.3, 0.4) is 0 Å². The summed E-state index contributed by atoms with van der Waals surface area (Å²) >= 11 is 7.52. The monoisotopic (exact) mass is 325 g/mol. The molecule has 1 aromatic heterocycles. The van der Waals surface area contributed by atoms with Crippen molar-refractivity contribution in [2.75, 3.05) is 19.7 Å². The van der Waals surface area contributed by atoms with Crippen LogP contribution in [0.15, 0.2) is 41.1 Å². The number of nitrogens with one attached hydrogen (secondary N) is 1. The first-order valence-electron chi connectivity index (χ1n) is 6.96. The molecule has 0 aliphatic carbocycles. The van der Waals surface area contributed by atoms with Crippen molar-refractivity contribution in [3.8, 4) is 0 Å². The second kappa shape index (κ2) is 9.18. The van der Waals surface area contributed by atoms with Crippen LogP contribution < -0.4 is 5.32 Å². The minimum absolute atomic E-state index is 0.327. The van der Waals surface area contributed by atoms with E-state index in [1.54, 1.807) is 11.3 Å². The summed E-state index contributed by atoms with van der Waals surface area (Å²) in [5.74, 6) is 0. The number of aliphatic hydroxyl groups excluding tert-OH is 1. The molecular formula is C16H20ClNO2S. The molecule has 2 rings (SSSR count). The molecule has 1 atom stereocenters. The molecule has 0 aliphatic rings. The molecule has 0 saturated heterocycles. The lowest BCUT2D eigenvalue weighted by Gasteiger charge is -2.12. The molecule has 0 radical (unpaired) electrons. The van der Waals surface area contributed by atoms with Gasteiger partial charge in [0.25, 0.3) is 0 Å². The third-order valence-electron chi connectivity index (χ3n) is 3.04. The average Bonchev–Trinajstić information content (AvgIpc) is 2.99. The largest absolute Gasteiger partial charge is 0.389 e. The normalized spacial score (nSPS) is 12.5. The van der Waals surface area contributed by atoms with Gasteiger partial charge >= 0.3 is 0 Å². The minimum Gasteiger partial charge on any atom is -0.389 e. The SMILES string of the molecule is OC(CNCCc1ccsc1)COCc1ccc(Cl)cc1. The van der Waals surface area contributed by atoms with E-state index >= 15 is 0 Å². The van der Waals surface area contributed by atoms with Crippen molar-refractivity contribution in [1.82, 2.24) is 5.32 Å². The fourth-order valence-corrected chi connectivity index (χ4v) is 2.72. The third-order valence-corrected chi connectivity index (χ3v) is 4.03. The summed E-state index contributed by atoms with van der Waals surface area (Å²) in [6.45, 7) is 2.23. The van der Waals surface area contributed by atoms with Crippen LogP contribution in [-0.4, -0.2) is 30.9 Å². The number of thiophene rings is 1. The first-order chi connectivity index (χ1) is 10.2. The lowest BCUT2D eigenvalue weighted by atomic mass is 10.2. The Hall–Kier alpha value is -0.910. The number of aliphatic hydroxyl groups is 1. The van der Waals surface area contributed by atoms with Gasteiger partial charge in [0, 0.05) is 11.6 Å². The van der Waals surface area contributed by atoms with Gasteiger partial charge in [0.1, 0.15) is 0 Å². The van der Waals surface area contributed by atoms with Gasteiger partial charge < -0.3 is 15.2 Å². The fraction of sp³-hybridized carbons (Fsp3) is 0.375. The van der Waals surface area contributed by atoms with Gasteiger partial charge in [-0.3, -0.25) is 0 Å². The summed E-state index contributed by atoms with van der Waals surface area (Å²) in [6, 6.07) is 9.64. The Labute approximate surface area is 134 Å². The Bertz CT molecular complexity index is 502. The van der Waals surface area contributed by atoms with E-state index in [4.69, 9.17) is 16.3 Å². The summed E-state index contributed by atoms with van der Waals surface area (Å²) in [6.07, 6.45) is 0.502. The van der Waals surface area contributed by atoms with E-state index < -0.39 is 6.10 Å². The number of benzene rings is 1. The first kappa shape index (κ1) is 16.5. The number of hydrogen-bond donors (Lipinski definition) is 2. The molecule has 2 aromatic rings. The second-order valence-corrected chi connectivity index (χ2v) is 6.10. The van der Waals surface area contributed by atoms with Gasteiger partial charge in [0.05, 0.1) is 19.3 Å². The zero-order valence-corrected chi connectivity index (χ0v) is 13.4. The highest BCUT2D eigenvalue weighted by molar-refractivity contribution is 7.07. The Kier molecular flexibility index (Phi) is 7.19. The Morgan fingerprint density at radius 3 is 2.71 bits per heavy atom. The van der Waals surface area contributed by atoms with Crippen LogP contribution in [0.25, 0.3) is 0 Å². The van der Waals surface area contributed by atoms with E-state index in [-0.39, 0.29) is 0 Å². The van der Waals surface area contributed by atoms with Crippen molar-refractivity contribution in [2.45, 2.75) is 19.1 Å². The number of hydrogen-bond acceptors (Lipinski definition) is 4. The van der Waals surface area contributed by atoms with Crippen LogP contribution in [0, 0.1) is 0 Å². The molecular weight excluding hydrogens is 306 g/mol. The quantitative estimate of drug-likeness (QED) is 0.696. The Morgan fingerprint density at radius 1 is 1.19 bits per heavy atom.